The van der Waals surface area contributed by atoms with Crippen molar-refractivity contribution in [2.75, 3.05) is 6.54 Å². The van der Waals surface area contributed by atoms with E-state index in [0.717, 1.165) is 34.3 Å². The average molecular weight is 461 g/mol. The molecule has 3 aromatic rings. The molecule has 2 heterocycles. The maximum absolute atomic E-state index is 13.4. The topological polar surface area (TPSA) is 99.8 Å². The molecule has 1 aliphatic rings. The summed E-state index contributed by atoms with van der Waals surface area (Å²) in [5.74, 6) is -1.45. The summed E-state index contributed by atoms with van der Waals surface area (Å²) in [6.07, 6.45) is 0.00195. The molecule has 32 heavy (non-hydrogen) atoms. The summed E-state index contributed by atoms with van der Waals surface area (Å²) in [6.45, 7) is 1.76. The number of aliphatic hydroxyl groups is 1. The first-order valence-corrected chi connectivity index (χ1v) is 11.9. The molecule has 7 nitrogen and oxygen atoms in total. The maximum atomic E-state index is 13.4. The van der Waals surface area contributed by atoms with Gasteiger partial charge in [0.25, 0.3) is 0 Å². The van der Waals surface area contributed by atoms with Gasteiger partial charge in [-0.25, -0.2) is 12.8 Å². The summed E-state index contributed by atoms with van der Waals surface area (Å²) >= 11 is 0. The lowest BCUT2D eigenvalue weighted by atomic mass is 10.00. The van der Waals surface area contributed by atoms with Gasteiger partial charge in [0.05, 0.1) is 17.4 Å². The summed E-state index contributed by atoms with van der Waals surface area (Å²) in [5.41, 5.74) is 2.52. The summed E-state index contributed by atoms with van der Waals surface area (Å²) in [4.78, 5) is 11.4. The molecule has 0 radical (unpaired) electrons. The van der Waals surface area contributed by atoms with Crippen molar-refractivity contribution in [2.24, 2.45) is 0 Å². The first-order valence-electron chi connectivity index (χ1n) is 10.4. The predicted molar refractivity (Wildman–Crippen MR) is 117 cm³/mol. The van der Waals surface area contributed by atoms with Gasteiger partial charge in [-0.15, -0.1) is 0 Å². The van der Waals surface area contributed by atoms with E-state index in [1.54, 1.807) is 0 Å². The fraction of sp³-hybridized carbons (Fsp3) is 0.348. The van der Waals surface area contributed by atoms with E-state index in [0.29, 0.717) is 19.4 Å². The van der Waals surface area contributed by atoms with Gasteiger partial charge in [-0.1, -0.05) is 18.2 Å². The molecule has 1 aliphatic heterocycles. The van der Waals surface area contributed by atoms with Crippen LogP contribution in [0.3, 0.4) is 0 Å². The Morgan fingerprint density at radius 2 is 1.91 bits per heavy atom. The van der Waals surface area contributed by atoms with Crippen molar-refractivity contribution in [3.8, 4) is 0 Å². The van der Waals surface area contributed by atoms with Crippen LogP contribution in [0.1, 0.15) is 24.6 Å². The molecule has 0 amide bonds. The standard InChI is InChI=1S/C23H25FN2O5S/c1-15(27)13-26(32(30,31)18-9-6-16(24)7-10-18)17-8-11-22-20(12-23(28)29)19-4-2-3-5-21(19)25(22)14-17/h2-7,9-10,15,17,27H,8,11-14H2,1H3,(H,28,29). The Hall–Kier alpha value is -2.75. The van der Waals surface area contributed by atoms with E-state index in [1.807, 2.05) is 28.8 Å². The minimum Gasteiger partial charge on any atom is -0.481 e. The minimum absolute atomic E-state index is 0.0331. The molecule has 2 aromatic carbocycles. The molecule has 170 valence electrons. The third-order valence-corrected chi connectivity index (χ3v) is 7.83. The molecule has 0 fully saturated rings. The van der Waals surface area contributed by atoms with E-state index in [4.69, 9.17) is 0 Å². The smallest absolute Gasteiger partial charge is 0.307 e. The van der Waals surface area contributed by atoms with Gasteiger partial charge in [-0.3, -0.25) is 4.79 Å². The number of carboxylic acids is 1. The molecule has 0 saturated heterocycles. The Bertz CT molecular complexity index is 1250. The van der Waals surface area contributed by atoms with E-state index >= 15 is 0 Å². The van der Waals surface area contributed by atoms with Crippen molar-refractivity contribution in [1.29, 1.82) is 0 Å². The zero-order valence-corrected chi connectivity index (χ0v) is 18.4. The van der Waals surface area contributed by atoms with Gasteiger partial charge in [0.1, 0.15) is 5.82 Å². The second-order valence-electron chi connectivity index (χ2n) is 8.19. The van der Waals surface area contributed by atoms with E-state index < -0.39 is 34.0 Å². The highest BCUT2D eigenvalue weighted by molar-refractivity contribution is 7.89. The summed E-state index contributed by atoms with van der Waals surface area (Å²) in [5, 5.41) is 20.3. The van der Waals surface area contributed by atoms with Crippen LogP contribution >= 0.6 is 0 Å². The van der Waals surface area contributed by atoms with Gasteiger partial charge in [-0.05, 0) is 55.7 Å². The molecule has 0 saturated carbocycles. The van der Waals surface area contributed by atoms with Crippen LogP contribution in [-0.2, 0) is 34.2 Å². The zero-order valence-electron chi connectivity index (χ0n) is 17.6. The van der Waals surface area contributed by atoms with Crippen molar-refractivity contribution < 1.29 is 27.8 Å². The number of carboxylic acid groups (broad SMARTS) is 1. The van der Waals surface area contributed by atoms with Crippen LogP contribution in [0.15, 0.2) is 53.4 Å². The lowest BCUT2D eigenvalue weighted by molar-refractivity contribution is -0.136. The van der Waals surface area contributed by atoms with E-state index in [2.05, 4.69) is 0 Å². The molecule has 4 rings (SSSR count). The summed E-state index contributed by atoms with van der Waals surface area (Å²) in [7, 11) is -3.98. The van der Waals surface area contributed by atoms with Crippen molar-refractivity contribution in [3.05, 3.63) is 65.6 Å². The van der Waals surface area contributed by atoms with Crippen molar-refractivity contribution in [2.45, 2.75) is 49.8 Å². The van der Waals surface area contributed by atoms with E-state index in [-0.39, 0.29) is 17.9 Å². The first-order chi connectivity index (χ1) is 15.2. The van der Waals surface area contributed by atoms with Gasteiger partial charge in [-0.2, -0.15) is 4.31 Å². The van der Waals surface area contributed by atoms with E-state index in [1.165, 1.54) is 23.4 Å². The molecule has 0 spiro atoms. The lowest BCUT2D eigenvalue weighted by Crippen LogP contribution is -2.47. The zero-order chi connectivity index (χ0) is 23.0. The van der Waals surface area contributed by atoms with Crippen LogP contribution < -0.4 is 0 Å². The number of carbonyl (C=O) groups is 1. The van der Waals surface area contributed by atoms with Gasteiger partial charge < -0.3 is 14.8 Å². The number of nitrogens with zero attached hydrogens (tertiary/aromatic N) is 2. The van der Waals surface area contributed by atoms with Gasteiger partial charge in [0.2, 0.25) is 10.0 Å². The second kappa shape index (κ2) is 8.65. The van der Waals surface area contributed by atoms with Crippen molar-refractivity contribution in [1.82, 2.24) is 8.87 Å². The van der Waals surface area contributed by atoms with Gasteiger partial charge in [0, 0.05) is 35.7 Å². The molecule has 0 bridgehead atoms. The highest BCUT2D eigenvalue weighted by Gasteiger charge is 2.36. The summed E-state index contributed by atoms with van der Waals surface area (Å²) in [6, 6.07) is 11.7. The molecule has 2 N–H and O–H groups in total. The second-order valence-corrected chi connectivity index (χ2v) is 10.1. The number of fused-ring (bicyclic) bond motifs is 3. The lowest BCUT2D eigenvalue weighted by Gasteiger charge is -2.35. The van der Waals surface area contributed by atoms with Crippen molar-refractivity contribution >= 4 is 26.9 Å². The monoisotopic (exact) mass is 460 g/mol. The number of aromatic nitrogens is 1. The normalized spacial score (nSPS) is 17.4. The average Bonchev–Trinajstić information content (AvgIpc) is 3.05. The summed E-state index contributed by atoms with van der Waals surface area (Å²) < 4.78 is 43.5. The van der Waals surface area contributed by atoms with Crippen molar-refractivity contribution in [3.63, 3.8) is 0 Å². The quantitative estimate of drug-likeness (QED) is 0.565. The molecule has 1 aromatic heterocycles. The first kappa shape index (κ1) is 22.4. The van der Waals surface area contributed by atoms with Crippen LogP contribution in [0, 0.1) is 5.82 Å². The van der Waals surface area contributed by atoms with Crippen LogP contribution in [-0.4, -0.2) is 52.2 Å². The minimum atomic E-state index is -3.98. The van der Waals surface area contributed by atoms with Crippen LogP contribution in [0.4, 0.5) is 4.39 Å². The third kappa shape index (κ3) is 4.15. The number of hydrogen-bond acceptors (Lipinski definition) is 4. The maximum Gasteiger partial charge on any atom is 0.307 e. The fourth-order valence-electron chi connectivity index (χ4n) is 4.56. The number of benzene rings is 2. The Balaban J connectivity index is 1.75. The molecular formula is C23H25FN2O5S. The Morgan fingerprint density at radius 1 is 1.22 bits per heavy atom. The molecule has 0 aliphatic carbocycles. The largest absolute Gasteiger partial charge is 0.481 e. The highest BCUT2D eigenvalue weighted by Crippen LogP contribution is 2.34. The van der Waals surface area contributed by atoms with Crippen LogP contribution in [0.25, 0.3) is 10.9 Å². The number of aliphatic carboxylic acids is 1. The van der Waals surface area contributed by atoms with Crippen LogP contribution in [0.5, 0.6) is 0 Å². The molecular weight excluding hydrogens is 435 g/mol. The Morgan fingerprint density at radius 3 is 2.56 bits per heavy atom. The number of hydrogen-bond donors (Lipinski definition) is 2. The molecule has 2 atom stereocenters. The molecule has 2 unspecified atom stereocenters. The number of rotatable bonds is 7. The molecule has 9 heteroatoms. The van der Waals surface area contributed by atoms with Gasteiger partial charge >= 0.3 is 5.97 Å². The third-order valence-electron chi connectivity index (χ3n) is 5.90. The Labute approximate surface area is 185 Å². The number of sulfonamides is 1. The number of para-hydroxylation sites is 1. The van der Waals surface area contributed by atoms with Crippen LogP contribution in [0.2, 0.25) is 0 Å². The number of aliphatic hydroxyl groups excluding tert-OH is 1. The van der Waals surface area contributed by atoms with Gasteiger partial charge in [0.15, 0.2) is 0 Å². The highest BCUT2D eigenvalue weighted by atomic mass is 32.2. The fourth-order valence-corrected chi connectivity index (χ4v) is 6.28. The Kier molecular flexibility index (Phi) is 6.07. The number of halogens is 1. The SMILES string of the molecule is CC(O)CN(C1CCc2c(CC(=O)O)c3ccccc3n2C1)S(=O)(=O)c1ccc(F)cc1. The predicted octanol–water partition coefficient (Wildman–Crippen LogP) is 2.79. The van der Waals surface area contributed by atoms with E-state index in [9.17, 15) is 27.8 Å².